The predicted molar refractivity (Wildman–Crippen MR) is 107 cm³/mol. The second-order valence-electron chi connectivity index (χ2n) is 6.68. The molecular formula is C20H23FN3O2S+. The lowest BCUT2D eigenvalue weighted by molar-refractivity contribution is -0.856. The Bertz CT molecular complexity index is 954. The van der Waals surface area contributed by atoms with Crippen LogP contribution in [0, 0.1) is 12.7 Å². The lowest BCUT2D eigenvalue weighted by Gasteiger charge is -2.20. The molecule has 0 saturated carbocycles. The number of halogens is 1. The Morgan fingerprint density at radius 2 is 1.93 bits per heavy atom. The van der Waals surface area contributed by atoms with Gasteiger partial charge in [-0.2, -0.15) is 0 Å². The maximum absolute atomic E-state index is 13.2. The fourth-order valence-electron chi connectivity index (χ4n) is 2.75. The number of nitrogens with one attached hydrogen (secondary N) is 1. The molecule has 0 fully saturated rings. The first kappa shape index (κ1) is 19.3. The molecule has 0 atom stereocenters. The van der Waals surface area contributed by atoms with E-state index < -0.39 is 0 Å². The van der Waals surface area contributed by atoms with E-state index >= 15 is 0 Å². The van der Waals surface area contributed by atoms with E-state index in [4.69, 9.17) is 9.72 Å². The van der Waals surface area contributed by atoms with E-state index in [-0.39, 0.29) is 11.7 Å². The molecule has 3 rings (SSSR count). The highest BCUT2D eigenvalue weighted by Crippen LogP contribution is 2.36. The van der Waals surface area contributed by atoms with Crippen LogP contribution in [0.1, 0.15) is 15.9 Å². The number of carbonyl (C=O) groups is 1. The van der Waals surface area contributed by atoms with Gasteiger partial charge in [0, 0.05) is 5.56 Å². The van der Waals surface area contributed by atoms with Gasteiger partial charge in [0.1, 0.15) is 17.1 Å². The molecule has 1 heterocycles. The molecule has 0 unspecified atom stereocenters. The van der Waals surface area contributed by atoms with Gasteiger partial charge in [0.25, 0.3) is 5.91 Å². The van der Waals surface area contributed by atoms with Crippen molar-refractivity contribution in [3.8, 4) is 5.75 Å². The summed E-state index contributed by atoms with van der Waals surface area (Å²) >= 11 is 1.47. The number of thiazole rings is 1. The summed E-state index contributed by atoms with van der Waals surface area (Å²) in [5.74, 6) is 0.133. The summed E-state index contributed by atoms with van der Waals surface area (Å²) in [5.41, 5.74) is 2.28. The number of aryl methyl sites for hydroxylation is 1. The summed E-state index contributed by atoms with van der Waals surface area (Å²) in [6.45, 7) is 3.29. The molecule has 142 valence electrons. The van der Waals surface area contributed by atoms with Crippen molar-refractivity contribution < 1.29 is 18.8 Å². The molecule has 7 heteroatoms. The van der Waals surface area contributed by atoms with Crippen LogP contribution < -0.4 is 14.5 Å². The van der Waals surface area contributed by atoms with Crippen LogP contribution in [0.25, 0.3) is 10.2 Å². The summed E-state index contributed by atoms with van der Waals surface area (Å²) in [5, 5.41) is 0.619. The molecule has 1 N–H and O–H groups in total. The first-order chi connectivity index (χ1) is 12.9. The number of hydrogen-bond acceptors (Lipinski definition) is 4. The molecule has 0 aliphatic heterocycles. The van der Waals surface area contributed by atoms with Gasteiger partial charge in [0.15, 0.2) is 5.13 Å². The number of methoxy groups -OCH3 is 1. The normalized spacial score (nSPS) is 11.2. The predicted octanol–water partition coefficient (Wildman–Crippen LogP) is 2.54. The van der Waals surface area contributed by atoms with E-state index in [9.17, 15) is 9.18 Å². The van der Waals surface area contributed by atoms with E-state index in [0.717, 1.165) is 22.3 Å². The molecular weight excluding hydrogens is 365 g/mol. The number of nitrogens with zero attached hydrogens (tertiary/aromatic N) is 2. The third kappa shape index (κ3) is 4.09. The Balaban J connectivity index is 2.05. The van der Waals surface area contributed by atoms with Crippen LogP contribution in [-0.2, 0) is 0 Å². The number of benzene rings is 2. The second kappa shape index (κ2) is 8.02. The minimum absolute atomic E-state index is 0.188. The quantitative estimate of drug-likeness (QED) is 0.706. The van der Waals surface area contributed by atoms with Crippen LogP contribution >= 0.6 is 11.3 Å². The van der Waals surface area contributed by atoms with Crippen molar-refractivity contribution in [1.82, 2.24) is 4.98 Å². The molecule has 0 radical (unpaired) electrons. The molecule has 0 aliphatic carbocycles. The number of hydrogen-bond donors (Lipinski definition) is 1. The van der Waals surface area contributed by atoms with Crippen molar-refractivity contribution in [2.45, 2.75) is 6.92 Å². The van der Waals surface area contributed by atoms with Gasteiger partial charge in [-0.15, -0.1) is 0 Å². The number of rotatable bonds is 6. The number of likely N-dealkylation sites (N-methyl/N-ethyl adjacent to an activating group) is 1. The topological polar surface area (TPSA) is 46.9 Å². The van der Waals surface area contributed by atoms with Crippen molar-refractivity contribution in [2.75, 3.05) is 39.2 Å². The van der Waals surface area contributed by atoms with E-state index in [1.165, 1.54) is 40.5 Å². The summed E-state index contributed by atoms with van der Waals surface area (Å²) < 4.78 is 19.7. The van der Waals surface area contributed by atoms with Crippen LogP contribution in [0.5, 0.6) is 5.75 Å². The van der Waals surface area contributed by atoms with Gasteiger partial charge in [-0.05, 0) is 42.8 Å². The smallest absolute Gasteiger partial charge is 0.260 e. The summed E-state index contributed by atoms with van der Waals surface area (Å²) in [4.78, 5) is 20.7. The molecule has 0 bridgehead atoms. The Morgan fingerprint density at radius 1 is 1.22 bits per heavy atom. The minimum atomic E-state index is -0.365. The standard InChI is InChI=1S/C20H22FN3O2S/c1-13-5-10-16(26-4)17-18(13)27-20(22-17)24(12-11-23(2)3)19(25)14-6-8-15(21)9-7-14/h5-10H,11-12H2,1-4H3/p+1. The zero-order valence-corrected chi connectivity index (χ0v) is 16.7. The van der Waals surface area contributed by atoms with Gasteiger partial charge in [-0.3, -0.25) is 9.69 Å². The Morgan fingerprint density at radius 3 is 2.56 bits per heavy atom. The lowest BCUT2D eigenvalue weighted by atomic mass is 10.2. The number of quaternary nitrogens is 1. The fourth-order valence-corrected chi connectivity index (χ4v) is 3.82. The van der Waals surface area contributed by atoms with E-state index in [1.54, 1.807) is 12.0 Å². The summed E-state index contributed by atoms with van der Waals surface area (Å²) in [6.07, 6.45) is 0. The van der Waals surface area contributed by atoms with Gasteiger partial charge in [-0.1, -0.05) is 17.4 Å². The molecule has 5 nitrogen and oxygen atoms in total. The SMILES string of the molecule is COc1ccc(C)c2sc(N(CC[NH+](C)C)C(=O)c3ccc(F)cc3)nc12. The third-order valence-electron chi connectivity index (χ3n) is 4.31. The zero-order valence-electron chi connectivity index (χ0n) is 15.9. The first-order valence-electron chi connectivity index (χ1n) is 8.71. The van der Waals surface area contributed by atoms with E-state index in [2.05, 4.69) is 0 Å². The largest absolute Gasteiger partial charge is 0.494 e. The highest BCUT2D eigenvalue weighted by Gasteiger charge is 2.23. The van der Waals surface area contributed by atoms with Crippen LogP contribution in [-0.4, -0.2) is 45.2 Å². The maximum atomic E-state index is 13.2. The van der Waals surface area contributed by atoms with Crippen LogP contribution in [0.2, 0.25) is 0 Å². The highest BCUT2D eigenvalue weighted by atomic mass is 32.1. The zero-order chi connectivity index (χ0) is 19.6. The van der Waals surface area contributed by atoms with Crippen molar-refractivity contribution in [2.24, 2.45) is 0 Å². The number of ether oxygens (including phenoxy) is 1. The number of amides is 1. The Kier molecular flexibility index (Phi) is 5.72. The Labute approximate surface area is 162 Å². The third-order valence-corrected chi connectivity index (χ3v) is 5.53. The Hall–Kier alpha value is -2.51. The number of fused-ring (bicyclic) bond motifs is 1. The average molecular weight is 388 g/mol. The second-order valence-corrected chi connectivity index (χ2v) is 7.66. The van der Waals surface area contributed by atoms with Crippen molar-refractivity contribution >= 4 is 32.6 Å². The van der Waals surface area contributed by atoms with Gasteiger partial charge >= 0.3 is 0 Å². The van der Waals surface area contributed by atoms with Crippen LogP contribution in [0.3, 0.4) is 0 Å². The summed E-state index contributed by atoms with van der Waals surface area (Å²) in [6, 6.07) is 9.48. The molecule has 2 aromatic carbocycles. The molecule has 0 aliphatic rings. The molecule has 0 spiro atoms. The van der Waals surface area contributed by atoms with Crippen LogP contribution in [0.15, 0.2) is 36.4 Å². The average Bonchev–Trinajstić information content (AvgIpc) is 3.08. The van der Waals surface area contributed by atoms with Gasteiger partial charge in [0.2, 0.25) is 0 Å². The van der Waals surface area contributed by atoms with Crippen molar-refractivity contribution in [3.05, 3.63) is 53.3 Å². The summed E-state index contributed by atoms with van der Waals surface area (Å²) in [7, 11) is 5.68. The lowest BCUT2D eigenvalue weighted by Crippen LogP contribution is -3.06. The van der Waals surface area contributed by atoms with Crippen molar-refractivity contribution in [1.29, 1.82) is 0 Å². The number of aromatic nitrogens is 1. The molecule has 1 aromatic heterocycles. The first-order valence-corrected chi connectivity index (χ1v) is 9.53. The van der Waals surface area contributed by atoms with E-state index in [1.807, 2.05) is 33.2 Å². The van der Waals surface area contributed by atoms with Gasteiger partial charge in [0.05, 0.1) is 39.0 Å². The molecule has 3 aromatic rings. The highest BCUT2D eigenvalue weighted by molar-refractivity contribution is 7.22. The molecule has 27 heavy (non-hydrogen) atoms. The molecule has 0 saturated heterocycles. The van der Waals surface area contributed by atoms with Crippen LogP contribution in [0.4, 0.5) is 9.52 Å². The van der Waals surface area contributed by atoms with Crippen molar-refractivity contribution in [3.63, 3.8) is 0 Å². The van der Waals surface area contributed by atoms with Gasteiger partial charge < -0.3 is 9.64 Å². The molecule has 1 amide bonds. The van der Waals surface area contributed by atoms with E-state index in [0.29, 0.717) is 23.0 Å². The maximum Gasteiger partial charge on any atom is 0.260 e. The fraction of sp³-hybridized carbons (Fsp3) is 0.300. The minimum Gasteiger partial charge on any atom is -0.494 e. The van der Waals surface area contributed by atoms with Gasteiger partial charge in [-0.25, -0.2) is 9.37 Å². The number of anilines is 1. The monoisotopic (exact) mass is 388 g/mol. The number of carbonyl (C=O) groups excluding carboxylic acids is 1.